The van der Waals surface area contributed by atoms with E-state index in [2.05, 4.69) is 18.1 Å². The number of hydrogen-bond acceptors (Lipinski definition) is 2. The molecule has 1 aliphatic heterocycles. The summed E-state index contributed by atoms with van der Waals surface area (Å²) in [5.41, 5.74) is 8.13. The molecule has 0 aromatic rings. The van der Waals surface area contributed by atoms with Crippen molar-refractivity contribution < 1.29 is 0 Å². The van der Waals surface area contributed by atoms with Gasteiger partial charge in [-0.05, 0) is 17.6 Å². The quantitative estimate of drug-likeness (QED) is 0.680. The first-order chi connectivity index (χ1) is 5.81. The van der Waals surface area contributed by atoms with E-state index >= 15 is 0 Å². The van der Waals surface area contributed by atoms with E-state index in [1.165, 1.54) is 11.1 Å². The largest absolute Gasteiger partial charge is 0.318 e. The third-order valence-electron chi connectivity index (χ3n) is 2.25. The van der Waals surface area contributed by atoms with Crippen LogP contribution in [0.3, 0.4) is 0 Å². The van der Waals surface area contributed by atoms with Gasteiger partial charge in [-0.3, -0.25) is 4.90 Å². The van der Waals surface area contributed by atoms with Crippen LogP contribution in [-0.4, -0.2) is 24.7 Å². The highest BCUT2D eigenvalue weighted by Gasteiger charge is 2.13. The summed E-state index contributed by atoms with van der Waals surface area (Å²) < 4.78 is 0. The summed E-state index contributed by atoms with van der Waals surface area (Å²) >= 11 is 0. The molecule has 0 fully saturated rings. The highest BCUT2D eigenvalue weighted by Crippen LogP contribution is 2.18. The second-order valence-corrected chi connectivity index (χ2v) is 2.94. The van der Waals surface area contributed by atoms with Crippen LogP contribution in [0.2, 0.25) is 0 Å². The van der Waals surface area contributed by atoms with E-state index in [0.29, 0.717) is 6.67 Å². The van der Waals surface area contributed by atoms with Crippen molar-refractivity contribution in [3.63, 3.8) is 0 Å². The third kappa shape index (κ3) is 1.84. The van der Waals surface area contributed by atoms with Gasteiger partial charge in [0.1, 0.15) is 0 Å². The van der Waals surface area contributed by atoms with Crippen LogP contribution in [0.4, 0.5) is 0 Å². The SMILES string of the molecule is C=CC1=C(C=C)CN(CN)CC1. The van der Waals surface area contributed by atoms with E-state index in [-0.39, 0.29) is 0 Å². The smallest absolute Gasteiger partial charge is 0.0458 e. The van der Waals surface area contributed by atoms with Crippen molar-refractivity contribution in [3.05, 3.63) is 36.5 Å². The van der Waals surface area contributed by atoms with Gasteiger partial charge in [-0.2, -0.15) is 0 Å². The van der Waals surface area contributed by atoms with Crippen molar-refractivity contribution in [2.24, 2.45) is 5.73 Å². The van der Waals surface area contributed by atoms with Crippen LogP contribution < -0.4 is 5.73 Å². The first kappa shape index (κ1) is 9.23. The summed E-state index contributed by atoms with van der Waals surface area (Å²) in [6, 6.07) is 0. The minimum absolute atomic E-state index is 0.627. The van der Waals surface area contributed by atoms with Crippen molar-refractivity contribution in [2.75, 3.05) is 19.8 Å². The van der Waals surface area contributed by atoms with E-state index in [4.69, 9.17) is 5.73 Å². The Balaban J connectivity index is 2.76. The summed E-state index contributed by atoms with van der Waals surface area (Å²) in [6.07, 6.45) is 4.87. The summed E-state index contributed by atoms with van der Waals surface area (Å²) in [4.78, 5) is 2.20. The second-order valence-electron chi connectivity index (χ2n) is 2.94. The van der Waals surface area contributed by atoms with Gasteiger partial charge in [-0.15, -0.1) is 0 Å². The molecule has 66 valence electrons. The Morgan fingerprint density at radius 2 is 2.00 bits per heavy atom. The lowest BCUT2D eigenvalue weighted by Gasteiger charge is -2.27. The molecule has 1 aliphatic rings. The van der Waals surface area contributed by atoms with Gasteiger partial charge in [0.2, 0.25) is 0 Å². The number of nitrogens with zero attached hydrogens (tertiary/aromatic N) is 1. The Morgan fingerprint density at radius 3 is 2.50 bits per heavy atom. The molecule has 0 atom stereocenters. The van der Waals surface area contributed by atoms with E-state index in [9.17, 15) is 0 Å². The standard InChI is InChI=1S/C10H16N2/c1-3-9-5-6-12(8-11)7-10(9)4-2/h3-4H,1-2,5-8,11H2. The van der Waals surface area contributed by atoms with Gasteiger partial charge in [0.25, 0.3) is 0 Å². The lowest BCUT2D eigenvalue weighted by atomic mass is 10.0. The highest BCUT2D eigenvalue weighted by molar-refractivity contribution is 5.34. The topological polar surface area (TPSA) is 29.3 Å². The molecule has 0 unspecified atom stereocenters. The van der Waals surface area contributed by atoms with Crippen molar-refractivity contribution >= 4 is 0 Å². The van der Waals surface area contributed by atoms with Gasteiger partial charge in [0.05, 0.1) is 0 Å². The predicted octanol–water partition coefficient (Wildman–Crippen LogP) is 1.28. The minimum atomic E-state index is 0.627. The minimum Gasteiger partial charge on any atom is -0.318 e. The number of nitrogens with two attached hydrogens (primary N) is 1. The normalized spacial score (nSPS) is 19.4. The van der Waals surface area contributed by atoms with Gasteiger partial charge in [-0.1, -0.05) is 25.3 Å². The molecule has 0 amide bonds. The number of rotatable bonds is 3. The Kier molecular flexibility index (Phi) is 3.26. The molecule has 0 aliphatic carbocycles. The Hall–Kier alpha value is -0.860. The first-order valence-electron chi connectivity index (χ1n) is 4.21. The molecule has 12 heavy (non-hydrogen) atoms. The fourth-order valence-electron chi connectivity index (χ4n) is 1.45. The lowest BCUT2D eigenvalue weighted by Crippen LogP contribution is -2.35. The zero-order valence-electron chi connectivity index (χ0n) is 7.42. The maximum Gasteiger partial charge on any atom is 0.0458 e. The van der Waals surface area contributed by atoms with E-state index in [1.807, 2.05) is 12.2 Å². The van der Waals surface area contributed by atoms with Crippen molar-refractivity contribution in [3.8, 4) is 0 Å². The summed E-state index contributed by atoms with van der Waals surface area (Å²) in [5.74, 6) is 0. The molecule has 0 bridgehead atoms. The molecule has 2 heteroatoms. The predicted molar refractivity (Wildman–Crippen MR) is 52.7 cm³/mol. The molecule has 1 rings (SSSR count). The van der Waals surface area contributed by atoms with Gasteiger partial charge < -0.3 is 5.73 Å². The molecule has 2 N–H and O–H groups in total. The number of hydrogen-bond donors (Lipinski definition) is 1. The van der Waals surface area contributed by atoms with Crippen LogP contribution in [0.1, 0.15) is 6.42 Å². The molecular weight excluding hydrogens is 148 g/mol. The molecule has 2 nitrogen and oxygen atoms in total. The zero-order valence-corrected chi connectivity index (χ0v) is 7.42. The zero-order chi connectivity index (χ0) is 8.97. The van der Waals surface area contributed by atoms with Crippen LogP contribution in [0.5, 0.6) is 0 Å². The molecule has 0 saturated carbocycles. The summed E-state index contributed by atoms with van der Waals surface area (Å²) in [6.45, 7) is 10.1. The first-order valence-corrected chi connectivity index (χ1v) is 4.21. The lowest BCUT2D eigenvalue weighted by molar-refractivity contribution is 0.298. The van der Waals surface area contributed by atoms with Crippen LogP contribution in [-0.2, 0) is 0 Å². The van der Waals surface area contributed by atoms with Crippen LogP contribution in [0, 0.1) is 0 Å². The van der Waals surface area contributed by atoms with Crippen molar-refractivity contribution in [2.45, 2.75) is 6.42 Å². The monoisotopic (exact) mass is 164 g/mol. The second kappa shape index (κ2) is 4.24. The number of allylic oxidation sites excluding steroid dienone is 1. The molecule has 0 saturated heterocycles. The Morgan fingerprint density at radius 1 is 1.33 bits per heavy atom. The fourth-order valence-corrected chi connectivity index (χ4v) is 1.45. The third-order valence-corrected chi connectivity index (χ3v) is 2.25. The van der Waals surface area contributed by atoms with E-state index in [0.717, 1.165) is 19.5 Å². The maximum absolute atomic E-state index is 5.55. The van der Waals surface area contributed by atoms with Crippen LogP contribution >= 0.6 is 0 Å². The average Bonchev–Trinajstić information content (AvgIpc) is 2.16. The Bertz CT molecular complexity index is 216. The fraction of sp³-hybridized carbons (Fsp3) is 0.400. The summed E-state index contributed by atoms with van der Waals surface area (Å²) in [5, 5.41) is 0. The molecule has 0 aromatic heterocycles. The molecule has 0 spiro atoms. The van der Waals surface area contributed by atoms with Crippen molar-refractivity contribution in [1.82, 2.24) is 4.90 Å². The summed E-state index contributed by atoms with van der Waals surface area (Å²) in [7, 11) is 0. The maximum atomic E-state index is 5.55. The van der Waals surface area contributed by atoms with Gasteiger partial charge in [-0.25, -0.2) is 0 Å². The molecule has 0 radical (unpaired) electrons. The molecule has 0 aromatic carbocycles. The van der Waals surface area contributed by atoms with Gasteiger partial charge in [0, 0.05) is 19.8 Å². The van der Waals surface area contributed by atoms with Crippen molar-refractivity contribution in [1.29, 1.82) is 0 Å². The van der Waals surface area contributed by atoms with Crippen LogP contribution in [0.25, 0.3) is 0 Å². The van der Waals surface area contributed by atoms with Gasteiger partial charge in [0.15, 0.2) is 0 Å². The molecular formula is C10H16N2. The van der Waals surface area contributed by atoms with E-state index in [1.54, 1.807) is 0 Å². The van der Waals surface area contributed by atoms with Crippen LogP contribution in [0.15, 0.2) is 36.5 Å². The van der Waals surface area contributed by atoms with E-state index < -0.39 is 0 Å². The highest BCUT2D eigenvalue weighted by atomic mass is 15.2. The molecule has 1 heterocycles. The average molecular weight is 164 g/mol. The van der Waals surface area contributed by atoms with Gasteiger partial charge >= 0.3 is 0 Å². The Labute approximate surface area is 74.0 Å².